The Balaban J connectivity index is 1.59. The number of nitrogens with zero attached hydrogens (tertiary/aromatic N) is 4. The standard InChI is InChI=1S/C24H21N5O/c1-17-26-27-23-13-12-20-21(29(17)23)14-22(28(20)16-19-10-6-3-7-11-19)24(30)25-15-18-8-4-2-5-9-18/h2-14H,15-16H2,1H3,(H,25,30). The van der Waals surface area contributed by atoms with Gasteiger partial charge in [-0.1, -0.05) is 60.7 Å². The number of aromatic nitrogens is 4. The van der Waals surface area contributed by atoms with Crippen LogP contribution >= 0.6 is 0 Å². The van der Waals surface area contributed by atoms with E-state index in [0.29, 0.717) is 18.8 Å². The molecule has 0 atom stereocenters. The maximum Gasteiger partial charge on any atom is 0.268 e. The molecule has 0 radical (unpaired) electrons. The molecule has 3 aromatic heterocycles. The SMILES string of the molecule is Cc1nnc2ccc3c(cc(C(=O)NCc4ccccc4)n3Cc3ccccc3)n12. The highest BCUT2D eigenvalue weighted by Crippen LogP contribution is 2.24. The van der Waals surface area contributed by atoms with Crippen molar-refractivity contribution in [1.82, 2.24) is 24.5 Å². The zero-order valence-electron chi connectivity index (χ0n) is 16.6. The monoisotopic (exact) mass is 395 g/mol. The molecule has 1 N–H and O–H groups in total. The van der Waals surface area contributed by atoms with Gasteiger partial charge in [0.1, 0.15) is 11.5 Å². The van der Waals surface area contributed by atoms with Gasteiger partial charge in [0, 0.05) is 13.1 Å². The van der Waals surface area contributed by atoms with Crippen molar-refractivity contribution < 1.29 is 4.79 Å². The Kier molecular flexibility index (Phi) is 4.52. The first kappa shape index (κ1) is 18.1. The number of hydrogen-bond acceptors (Lipinski definition) is 3. The minimum absolute atomic E-state index is 0.107. The van der Waals surface area contributed by atoms with Gasteiger partial charge in [-0.25, -0.2) is 0 Å². The number of hydrogen-bond donors (Lipinski definition) is 1. The molecule has 0 aliphatic rings. The predicted molar refractivity (Wildman–Crippen MR) is 116 cm³/mol. The van der Waals surface area contributed by atoms with Gasteiger partial charge in [-0.15, -0.1) is 10.2 Å². The van der Waals surface area contributed by atoms with Gasteiger partial charge in [-0.3, -0.25) is 9.20 Å². The number of amides is 1. The molecule has 0 saturated carbocycles. The number of carbonyl (C=O) groups excluding carboxylic acids is 1. The van der Waals surface area contributed by atoms with Crippen LogP contribution in [0, 0.1) is 6.92 Å². The molecule has 3 heterocycles. The average Bonchev–Trinajstić information content (AvgIpc) is 3.34. The molecule has 5 aromatic rings. The summed E-state index contributed by atoms with van der Waals surface area (Å²) in [5.41, 5.74) is 5.48. The fourth-order valence-electron chi connectivity index (χ4n) is 3.83. The second-order valence-corrected chi connectivity index (χ2v) is 7.31. The van der Waals surface area contributed by atoms with Crippen LogP contribution in [0.5, 0.6) is 0 Å². The third-order valence-electron chi connectivity index (χ3n) is 5.31. The van der Waals surface area contributed by atoms with Gasteiger partial charge in [0.15, 0.2) is 5.65 Å². The van der Waals surface area contributed by atoms with E-state index in [1.54, 1.807) is 0 Å². The average molecular weight is 395 g/mol. The highest BCUT2D eigenvalue weighted by atomic mass is 16.1. The van der Waals surface area contributed by atoms with Gasteiger partial charge in [0.05, 0.1) is 11.0 Å². The van der Waals surface area contributed by atoms with Crippen molar-refractivity contribution in [2.75, 3.05) is 0 Å². The molecule has 0 bridgehead atoms. The van der Waals surface area contributed by atoms with Crippen LogP contribution < -0.4 is 5.32 Å². The first-order chi connectivity index (χ1) is 14.7. The fourth-order valence-corrected chi connectivity index (χ4v) is 3.83. The zero-order chi connectivity index (χ0) is 20.5. The Morgan fingerprint density at radius 1 is 0.867 bits per heavy atom. The summed E-state index contributed by atoms with van der Waals surface area (Å²) in [6.07, 6.45) is 0. The number of benzene rings is 2. The van der Waals surface area contributed by atoms with E-state index < -0.39 is 0 Å². The van der Waals surface area contributed by atoms with Crippen LogP contribution in [0.1, 0.15) is 27.4 Å². The molecule has 6 nitrogen and oxygen atoms in total. The summed E-state index contributed by atoms with van der Waals surface area (Å²) in [4.78, 5) is 13.2. The van der Waals surface area contributed by atoms with E-state index in [4.69, 9.17) is 0 Å². The normalized spacial score (nSPS) is 11.2. The lowest BCUT2D eigenvalue weighted by Crippen LogP contribution is -2.25. The van der Waals surface area contributed by atoms with E-state index in [9.17, 15) is 4.79 Å². The van der Waals surface area contributed by atoms with Crippen molar-refractivity contribution in [3.8, 4) is 0 Å². The van der Waals surface area contributed by atoms with Gasteiger partial charge in [-0.05, 0) is 36.2 Å². The summed E-state index contributed by atoms with van der Waals surface area (Å²) in [7, 11) is 0. The summed E-state index contributed by atoms with van der Waals surface area (Å²) in [5, 5.41) is 11.5. The van der Waals surface area contributed by atoms with Gasteiger partial charge in [0.25, 0.3) is 5.91 Å². The molecule has 0 fully saturated rings. The van der Waals surface area contributed by atoms with Gasteiger partial charge in [0.2, 0.25) is 0 Å². The largest absolute Gasteiger partial charge is 0.347 e. The van der Waals surface area contributed by atoms with E-state index >= 15 is 0 Å². The fraction of sp³-hybridized carbons (Fsp3) is 0.125. The summed E-state index contributed by atoms with van der Waals surface area (Å²) >= 11 is 0. The van der Waals surface area contributed by atoms with Gasteiger partial charge >= 0.3 is 0 Å². The molecule has 0 aliphatic carbocycles. The highest BCUT2D eigenvalue weighted by molar-refractivity contribution is 5.98. The summed E-state index contributed by atoms with van der Waals surface area (Å²) < 4.78 is 4.05. The molecule has 0 aliphatic heterocycles. The van der Waals surface area contributed by atoms with Crippen molar-refractivity contribution in [1.29, 1.82) is 0 Å². The first-order valence-electron chi connectivity index (χ1n) is 9.91. The van der Waals surface area contributed by atoms with Crippen molar-refractivity contribution in [2.24, 2.45) is 0 Å². The molecular formula is C24H21N5O. The zero-order valence-corrected chi connectivity index (χ0v) is 16.6. The Bertz CT molecular complexity index is 1340. The Labute approximate surface area is 173 Å². The number of aryl methyl sites for hydroxylation is 1. The third-order valence-corrected chi connectivity index (χ3v) is 5.31. The lowest BCUT2D eigenvalue weighted by atomic mass is 10.2. The maximum absolute atomic E-state index is 13.2. The Morgan fingerprint density at radius 2 is 1.57 bits per heavy atom. The van der Waals surface area contributed by atoms with Crippen LogP contribution in [0.3, 0.4) is 0 Å². The number of pyridine rings is 1. The predicted octanol–water partition coefficient (Wildman–Crippen LogP) is 3.97. The smallest absolute Gasteiger partial charge is 0.268 e. The maximum atomic E-state index is 13.2. The van der Waals surface area contributed by atoms with Crippen LogP contribution in [0.2, 0.25) is 0 Å². The van der Waals surface area contributed by atoms with E-state index in [1.807, 2.05) is 78.1 Å². The molecule has 30 heavy (non-hydrogen) atoms. The lowest BCUT2D eigenvalue weighted by Gasteiger charge is -2.11. The second kappa shape index (κ2) is 7.48. The van der Waals surface area contributed by atoms with Crippen LogP contribution in [0.15, 0.2) is 78.9 Å². The molecule has 0 saturated heterocycles. The van der Waals surface area contributed by atoms with Gasteiger partial charge < -0.3 is 9.88 Å². The van der Waals surface area contributed by atoms with Crippen molar-refractivity contribution in [2.45, 2.75) is 20.0 Å². The molecular weight excluding hydrogens is 374 g/mol. The van der Waals surface area contributed by atoms with Crippen LogP contribution in [-0.2, 0) is 13.1 Å². The minimum atomic E-state index is -0.107. The lowest BCUT2D eigenvalue weighted by molar-refractivity contribution is 0.0942. The van der Waals surface area contributed by atoms with Crippen LogP contribution in [0.25, 0.3) is 16.7 Å². The number of rotatable bonds is 5. The Hall–Kier alpha value is -3.93. The number of fused-ring (bicyclic) bond motifs is 3. The molecule has 0 unspecified atom stereocenters. The summed E-state index contributed by atoms with van der Waals surface area (Å²) in [5.74, 6) is 0.688. The quantitative estimate of drug-likeness (QED) is 0.490. The van der Waals surface area contributed by atoms with Gasteiger partial charge in [-0.2, -0.15) is 0 Å². The molecule has 0 spiro atoms. The van der Waals surface area contributed by atoms with Crippen molar-refractivity contribution >= 4 is 22.6 Å². The van der Waals surface area contributed by atoms with E-state index in [0.717, 1.165) is 33.6 Å². The highest BCUT2D eigenvalue weighted by Gasteiger charge is 2.18. The van der Waals surface area contributed by atoms with E-state index in [-0.39, 0.29) is 5.91 Å². The molecule has 5 rings (SSSR count). The summed E-state index contributed by atoms with van der Waals surface area (Å²) in [6.45, 7) is 3.00. The summed E-state index contributed by atoms with van der Waals surface area (Å²) in [6, 6.07) is 26.0. The number of nitrogens with one attached hydrogen (secondary N) is 1. The molecule has 6 heteroatoms. The molecule has 1 amide bonds. The van der Waals surface area contributed by atoms with E-state index in [1.165, 1.54) is 0 Å². The third kappa shape index (κ3) is 3.22. The van der Waals surface area contributed by atoms with Crippen molar-refractivity contribution in [3.63, 3.8) is 0 Å². The minimum Gasteiger partial charge on any atom is -0.347 e. The second-order valence-electron chi connectivity index (χ2n) is 7.31. The first-order valence-corrected chi connectivity index (χ1v) is 9.91. The molecule has 2 aromatic carbocycles. The number of carbonyl (C=O) groups is 1. The molecule has 148 valence electrons. The van der Waals surface area contributed by atoms with Crippen molar-refractivity contribution in [3.05, 3.63) is 102 Å². The van der Waals surface area contributed by atoms with Crippen LogP contribution in [-0.4, -0.2) is 25.1 Å². The van der Waals surface area contributed by atoms with Crippen LogP contribution in [0.4, 0.5) is 0 Å². The van der Waals surface area contributed by atoms with E-state index in [2.05, 4.69) is 32.2 Å². The topological polar surface area (TPSA) is 64.2 Å². The Morgan fingerprint density at radius 3 is 2.30 bits per heavy atom.